The number of nitrogens with zero attached hydrogens (tertiary/aromatic N) is 2. The summed E-state index contributed by atoms with van der Waals surface area (Å²) in [4.78, 5) is 14.2. The molecule has 0 saturated carbocycles. The molecule has 0 spiro atoms. The molecule has 4 saturated heterocycles. The Morgan fingerprint density at radius 1 is 1.10 bits per heavy atom. The lowest BCUT2D eigenvalue weighted by molar-refractivity contribution is -0.482. The smallest absolute Gasteiger partial charge is 0.317 e. The number of aryl methyl sites for hydroxylation is 1. The number of rotatable bonds is 6. The summed E-state index contributed by atoms with van der Waals surface area (Å²) in [6.45, 7) is 7.00. The van der Waals surface area contributed by atoms with Gasteiger partial charge in [0, 0.05) is 25.6 Å². The lowest BCUT2D eigenvalue weighted by atomic mass is 9.90. The molecule has 212 valence electrons. The van der Waals surface area contributed by atoms with Crippen molar-refractivity contribution in [1.82, 2.24) is 14.5 Å². The Labute approximate surface area is 228 Å². The number of amides is 2. The maximum Gasteiger partial charge on any atom is 0.317 e. The molecule has 2 unspecified atom stereocenters. The Balaban J connectivity index is 1.40. The molecule has 10 nitrogen and oxygen atoms in total. The lowest BCUT2D eigenvalue weighted by Gasteiger charge is -2.58. The standard InChI is InChI=1S/C27H34FN3O7S/c1-18-5-6-21(28)13-20(18)14-35-22-7-9-23(10-8-22)39(33,34)31-12-11-30(25(32)29-4)19(2)24(31)27-36-15-26(3,16-37-27)17-38-27/h5-10,13,19,24H,11-12,14-17H2,1-4H3,(H,29,32). The minimum absolute atomic E-state index is 0.0248. The van der Waals surface area contributed by atoms with Gasteiger partial charge in [0.25, 0.3) is 0 Å². The highest BCUT2D eigenvalue weighted by Crippen LogP contribution is 2.44. The first kappa shape index (κ1) is 27.8. The molecule has 4 aliphatic rings. The summed E-state index contributed by atoms with van der Waals surface area (Å²) in [6.07, 6.45) is 0. The highest BCUT2D eigenvalue weighted by Gasteiger charge is 2.62. The molecule has 1 N–H and O–H groups in total. The zero-order valence-electron chi connectivity index (χ0n) is 22.5. The number of nitrogens with one attached hydrogen (secondary N) is 1. The predicted octanol–water partition coefficient (Wildman–Crippen LogP) is 2.85. The van der Waals surface area contributed by atoms with Crippen LogP contribution < -0.4 is 10.1 Å². The van der Waals surface area contributed by atoms with Gasteiger partial charge in [0.15, 0.2) is 0 Å². The van der Waals surface area contributed by atoms with Crippen LogP contribution in [0.4, 0.5) is 9.18 Å². The van der Waals surface area contributed by atoms with E-state index in [2.05, 4.69) is 5.32 Å². The Morgan fingerprint density at radius 2 is 1.74 bits per heavy atom. The average molecular weight is 564 g/mol. The van der Waals surface area contributed by atoms with Crippen LogP contribution in [0.15, 0.2) is 47.4 Å². The zero-order valence-corrected chi connectivity index (χ0v) is 23.3. The highest BCUT2D eigenvalue weighted by atomic mass is 32.2. The SMILES string of the molecule is CNC(=O)N1CCN(S(=O)(=O)c2ccc(OCc3cc(F)ccc3C)cc2)C(C23OCC(C)(CO2)CO3)C1C. The minimum atomic E-state index is -4.06. The van der Waals surface area contributed by atoms with E-state index in [1.54, 1.807) is 30.0 Å². The van der Waals surface area contributed by atoms with Crippen molar-refractivity contribution in [2.45, 2.75) is 50.3 Å². The van der Waals surface area contributed by atoms with E-state index >= 15 is 0 Å². The number of carbonyl (C=O) groups excluding carboxylic acids is 1. The normalized spacial score (nSPS) is 29.3. The summed E-state index contributed by atoms with van der Waals surface area (Å²) >= 11 is 0. The van der Waals surface area contributed by atoms with Crippen molar-refractivity contribution in [2.24, 2.45) is 5.41 Å². The van der Waals surface area contributed by atoms with E-state index < -0.39 is 28.1 Å². The van der Waals surface area contributed by atoms with E-state index in [0.29, 0.717) is 31.1 Å². The van der Waals surface area contributed by atoms with Gasteiger partial charge in [-0.05, 0) is 61.4 Å². The number of hydrogen-bond acceptors (Lipinski definition) is 7. The monoisotopic (exact) mass is 563 g/mol. The van der Waals surface area contributed by atoms with Crippen LogP contribution in [0.25, 0.3) is 0 Å². The number of benzene rings is 2. The summed E-state index contributed by atoms with van der Waals surface area (Å²) in [5, 5.41) is 2.62. The van der Waals surface area contributed by atoms with E-state index in [4.69, 9.17) is 18.9 Å². The van der Waals surface area contributed by atoms with Crippen LogP contribution in [0.2, 0.25) is 0 Å². The number of urea groups is 1. The summed E-state index contributed by atoms with van der Waals surface area (Å²) in [6, 6.07) is 8.65. The number of piperazine rings is 1. The second-order valence-electron chi connectivity index (χ2n) is 10.7. The molecule has 0 aliphatic carbocycles. The molecule has 2 aromatic rings. The number of halogens is 1. The van der Waals surface area contributed by atoms with Crippen LogP contribution in [0.5, 0.6) is 5.75 Å². The molecule has 12 heteroatoms. The molecule has 39 heavy (non-hydrogen) atoms. The number of fused-ring (bicyclic) bond motifs is 3. The van der Waals surface area contributed by atoms with Crippen molar-refractivity contribution in [2.75, 3.05) is 40.0 Å². The molecular formula is C27H34FN3O7S. The van der Waals surface area contributed by atoms with E-state index in [9.17, 15) is 17.6 Å². The number of ether oxygens (including phenoxy) is 4. The largest absolute Gasteiger partial charge is 0.489 e. The van der Waals surface area contributed by atoms with Gasteiger partial charge in [0.05, 0.1) is 30.8 Å². The van der Waals surface area contributed by atoms with Crippen LogP contribution >= 0.6 is 0 Å². The third-order valence-electron chi connectivity index (χ3n) is 7.66. The molecule has 0 aromatic heterocycles. The molecular weight excluding hydrogens is 529 g/mol. The third kappa shape index (κ3) is 5.11. The van der Waals surface area contributed by atoms with Gasteiger partial charge in [-0.15, -0.1) is 0 Å². The second kappa shape index (κ2) is 10.3. The first-order valence-corrected chi connectivity index (χ1v) is 14.3. The molecule has 2 aromatic carbocycles. The minimum Gasteiger partial charge on any atom is -0.489 e. The summed E-state index contributed by atoms with van der Waals surface area (Å²) in [5.74, 6) is -1.54. The van der Waals surface area contributed by atoms with E-state index in [0.717, 1.165) is 5.56 Å². The fourth-order valence-electron chi connectivity index (χ4n) is 5.26. The summed E-state index contributed by atoms with van der Waals surface area (Å²) in [7, 11) is -2.53. The van der Waals surface area contributed by atoms with Crippen molar-refractivity contribution in [3.63, 3.8) is 0 Å². The first-order chi connectivity index (χ1) is 18.5. The number of carbonyl (C=O) groups is 1. The van der Waals surface area contributed by atoms with Gasteiger partial charge in [-0.25, -0.2) is 17.6 Å². The van der Waals surface area contributed by atoms with E-state index in [1.165, 1.54) is 35.6 Å². The molecule has 4 fully saturated rings. The Kier molecular flexibility index (Phi) is 7.36. The molecule has 4 aliphatic heterocycles. The fraction of sp³-hybridized carbons (Fsp3) is 0.519. The highest BCUT2D eigenvalue weighted by molar-refractivity contribution is 7.89. The fourth-order valence-corrected chi connectivity index (χ4v) is 6.94. The van der Waals surface area contributed by atoms with Crippen LogP contribution in [0, 0.1) is 18.2 Å². The van der Waals surface area contributed by atoms with Crippen LogP contribution in [0.3, 0.4) is 0 Å². The maximum atomic E-state index is 14.0. The molecule has 2 bridgehead atoms. The van der Waals surface area contributed by atoms with Gasteiger partial charge in [-0.3, -0.25) is 0 Å². The van der Waals surface area contributed by atoms with Crippen molar-refractivity contribution in [1.29, 1.82) is 0 Å². The third-order valence-corrected chi connectivity index (χ3v) is 9.55. The van der Waals surface area contributed by atoms with Gasteiger partial charge in [0.2, 0.25) is 10.0 Å². The Hall–Kier alpha value is -2.77. The topological polar surface area (TPSA) is 107 Å². The number of sulfonamides is 1. The van der Waals surface area contributed by atoms with Gasteiger partial charge in [-0.2, -0.15) is 4.31 Å². The quantitative estimate of drug-likeness (QED) is 0.576. The summed E-state index contributed by atoms with van der Waals surface area (Å²) < 4.78 is 66.9. The van der Waals surface area contributed by atoms with Gasteiger partial charge in [-0.1, -0.05) is 13.0 Å². The molecule has 0 radical (unpaired) electrons. The molecule has 6 rings (SSSR count). The van der Waals surface area contributed by atoms with Gasteiger partial charge < -0.3 is 29.2 Å². The van der Waals surface area contributed by atoms with Crippen molar-refractivity contribution in [3.05, 3.63) is 59.4 Å². The van der Waals surface area contributed by atoms with Crippen LogP contribution in [-0.4, -0.2) is 81.7 Å². The molecule has 2 atom stereocenters. The van der Waals surface area contributed by atoms with E-state index in [1.807, 2.05) is 13.8 Å². The van der Waals surface area contributed by atoms with Crippen molar-refractivity contribution >= 4 is 16.1 Å². The van der Waals surface area contributed by atoms with Crippen LogP contribution in [-0.2, 0) is 30.8 Å². The van der Waals surface area contributed by atoms with E-state index in [-0.39, 0.29) is 41.9 Å². The van der Waals surface area contributed by atoms with Crippen molar-refractivity contribution < 1.29 is 36.6 Å². The van der Waals surface area contributed by atoms with Gasteiger partial charge in [0.1, 0.15) is 24.2 Å². The summed E-state index contributed by atoms with van der Waals surface area (Å²) in [5.41, 5.74) is 1.28. The number of hydrogen-bond donors (Lipinski definition) is 1. The van der Waals surface area contributed by atoms with Crippen LogP contribution in [0.1, 0.15) is 25.0 Å². The molecule has 4 heterocycles. The Morgan fingerprint density at radius 3 is 2.36 bits per heavy atom. The zero-order chi connectivity index (χ0) is 28.0. The maximum absolute atomic E-state index is 14.0. The van der Waals surface area contributed by atoms with Gasteiger partial charge >= 0.3 is 12.0 Å². The Bertz CT molecular complexity index is 1310. The second-order valence-corrected chi connectivity index (χ2v) is 12.6. The molecule has 2 amide bonds. The lowest BCUT2D eigenvalue weighted by Crippen LogP contribution is -2.75. The first-order valence-electron chi connectivity index (χ1n) is 12.9. The average Bonchev–Trinajstić information content (AvgIpc) is 2.93. The van der Waals surface area contributed by atoms with Crippen molar-refractivity contribution in [3.8, 4) is 5.75 Å². The predicted molar refractivity (Wildman–Crippen MR) is 139 cm³/mol.